The molecule has 2 N–H and O–H groups in total. The maximum absolute atomic E-state index is 12.0. The van der Waals surface area contributed by atoms with Crippen molar-refractivity contribution < 1.29 is 0 Å². The Morgan fingerprint density at radius 3 is 2.92 bits per heavy atom. The number of H-pyrrole nitrogens is 1. The highest BCUT2D eigenvalue weighted by Gasteiger charge is 2.21. The molecule has 0 saturated carbocycles. The van der Waals surface area contributed by atoms with E-state index in [0.717, 1.165) is 37.1 Å². The molecule has 24 heavy (non-hydrogen) atoms. The standard InChI is InChI=1S/C19H20N4O/c24-18-12-17(16-7-4-8-21-19(16)22-18)23-10-9-20-15(13-23)11-14-5-2-1-3-6-14/h1-8,12,15,20H,9-11,13H2,(H,21,22,24). The molecule has 1 fully saturated rings. The molecule has 4 rings (SSSR count). The summed E-state index contributed by atoms with van der Waals surface area (Å²) in [5.41, 5.74) is 2.85. The Balaban J connectivity index is 1.61. The highest BCUT2D eigenvalue weighted by Crippen LogP contribution is 2.24. The Hall–Kier alpha value is -2.66. The first-order valence-corrected chi connectivity index (χ1v) is 8.30. The Morgan fingerprint density at radius 2 is 2.04 bits per heavy atom. The molecule has 1 aliphatic rings. The van der Waals surface area contributed by atoms with Gasteiger partial charge in [0.05, 0.1) is 5.69 Å². The van der Waals surface area contributed by atoms with Crippen molar-refractivity contribution in [2.45, 2.75) is 12.5 Å². The first-order valence-electron chi connectivity index (χ1n) is 8.30. The molecule has 0 amide bonds. The number of benzene rings is 1. The average Bonchev–Trinajstić information content (AvgIpc) is 2.62. The maximum Gasteiger partial charge on any atom is 0.251 e. The zero-order chi connectivity index (χ0) is 16.4. The zero-order valence-electron chi connectivity index (χ0n) is 13.4. The predicted molar refractivity (Wildman–Crippen MR) is 96.5 cm³/mol. The largest absolute Gasteiger partial charge is 0.368 e. The molecule has 1 aromatic carbocycles. The molecule has 0 bridgehead atoms. The number of rotatable bonds is 3. The maximum atomic E-state index is 12.0. The van der Waals surface area contributed by atoms with Gasteiger partial charge in [-0.25, -0.2) is 4.98 Å². The van der Waals surface area contributed by atoms with Crippen LogP contribution in [-0.2, 0) is 6.42 Å². The van der Waals surface area contributed by atoms with E-state index < -0.39 is 0 Å². The fraction of sp³-hybridized carbons (Fsp3) is 0.263. The van der Waals surface area contributed by atoms with Crippen LogP contribution in [0.15, 0.2) is 59.5 Å². The van der Waals surface area contributed by atoms with Gasteiger partial charge < -0.3 is 15.2 Å². The van der Waals surface area contributed by atoms with Gasteiger partial charge in [0, 0.05) is 43.3 Å². The summed E-state index contributed by atoms with van der Waals surface area (Å²) >= 11 is 0. The number of anilines is 1. The Kier molecular flexibility index (Phi) is 4.01. The molecule has 3 aromatic rings. The third kappa shape index (κ3) is 3.03. The molecule has 1 saturated heterocycles. The molecule has 2 aromatic heterocycles. The molecular weight excluding hydrogens is 300 g/mol. The van der Waals surface area contributed by atoms with E-state index in [2.05, 4.69) is 44.5 Å². The van der Waals surface area contributed by atoms with Crippen molar-refractivity contribution in [2.75, 3.05) is 24.5 Å². The summed E-state index contributed by atoms with van der Waals surface area (Å²) in [6.07, 6.45) is 2.69. The topological polar surface area (TPSA) is 61.0 Å². The van der Waals surface area contributed by atoms with Gasteiger partial charge in [-0.15, -0.1) is 0 Å². The first-order chi connectivity index (χ1) is 11.8. The summed E-state index contributed by atoms with van der Waals surface area (Å²) in [7, 11) is 0. The average molecular weight is 320 g/mol. The van der Waals surface area contributed by atoms with Crippen molar-refractivity contribution in [3.63, 3.8) is 0 Å². The van der Waals surface area contributed by atoms with Crippen molar-refractivity contribution >= 4 is 16.7 Å². The lowest BCUT2D eigenvalue weighted by atomic mass is 10.0. The van der Waals surface area contributed by atoms with Crippen LogP contribution in [0.4, 0.5) is 5.69 Å². The molecule has 5 nitrogen and oxygen atoms in total. The van der Waals surface area contributed by atoms with Crippen LogP contribution in [0.2, 0.25) is 0 Å². The third-order valence-corrected chi connectivity index (χ3v) is 4.51. The lowest BCUT2D eigenvalue weighted by Gasteiger charge is -2.35. The van der Waals surface area contributed by atoms with E-state index in [1.807, 2.05) is 18.2 Å². The van der Waals surface area contributed by atoms with Crippen molar-refractivity contribution in [3.05, 3.63) is 70.6 Å². The second-order valence-electron chi connectivity index (χ2n) is 6.21. The molecule has 0 spiro atoms. The monoisotopic (exact) mass is 320 g/mol. The van der Waals surface area contributed by atoms with Gasteiger partial charge in [-0.3, -0.25) is 4.79 Å². The van der Waals surface area contributed by atoms with Gasteiger partial charge in [-0.2, -0.15) is 0 Å². The number of hydrogen-bond acceptors (Lipinski definition) is 4. The lowest BCUT2D eigenvalue weighted by Crippen LogP contribution is -2.51. The molecule has 5 heteroatoms. The van der Waals surface area contributed by atoms with E-state index in [0.29, 0.717) is 11.7 Å². The minimum absolute atomic E-state index is 0.102. The molecule has 1 aliphatic heterocycles. The number of piperazine rings is 1. The van der Waals surface area contributed by atoms with E-state index in [1.54, 1.807) is 12.3 Å². The number of pyridine rings is 2. The quantitative estimate of drug-likeness (QED) is 0.774. The molecule has 3 heterocycles. The summed E-state index contributed by atoms with van der Waals surface area (Å²) in [5.74, 6) is 0. The highest BCUT2D eigenvalue weighted by molar-refractivity contribution is 5.89. The molecule has 1 unspecified atom stereocenters. The van der Waals surface area contributed by atoms with Gasteiger partial charge in [-0.05, 0) is 24.1 Å². The number of nitrogens with zero attached hydrogens (tertiary/aromatic N) is 2. The van der Waals surface area contributed by atoms with Crippen LogP contribution >= 0.6 is 0 Å². The van der Waals surface area contributed by atoms with E-state index in [9.17, 15) is 4.79 Å². The van der Waals surface area contributed by atoms with Crippen molar-refractivity contribution in [1.82, 2.24) is 15.3 Å². The predicted octanol–water partition coefficient (Wildman–Crippen LogP) is 1.94. The fourth-order valence-corrected chi connectivity index (χ4v) is 3.41. The number of aromatic nitrogens is 2. The van der Waals surface area contributed by atoms with Gasteiger partial charge >= 0.3 is 0 Å². The second kappa shape index (κ2) is 6.45. The van der Waals surface area contributed by atoms with Gasteiger partial charge in [0.1, 0.15) is 5.65 Å². The van der Waals surface area contributed by atoms with Crippen molar-refractivity contribution in [3.8, 4) is 0 Å². The smallest absolute Gasteiger partial charge is 0.251 e. The number of aromatic amines is 1. The molecule has 122 valence electrons. The van der Waals surface area contributed by atoms with Crippen LogP contribution < -0.4 is 15.8 Å². The minimum atomic E-state index is -0.102. The number of hydrogen-bond donors (Lipinski definition) is 2. The number of nitrogens with one attached hydrogen (secondary N) is 2. The van der Waals surface area contributed by atoms with Crippen molar-refractivity contribution in [2.24, 2.45) is 0 Å². The van der Waals surface area contributed by atoms with Gasteiger partial charge in [0.2, 0.25) is 0 Å². The Morgan fingerprint density at radius 1 is 1.17 bits per heavy atom. The Labute approximate surface area is 140 Å². The lowest BCUT2D eigenvalue weighted by molar-refractivity contribution is 0.455. The summed E-state index contributed by atoms with van der Waals surface area (Å²) in [6.45, 7) is 2.67. The molecular formula is C19H20N4O. The third-order valence-electron chi connectivity index (χ3n) is 4.51. The van der Waals surface area contributed by atoms with Crippen LogP contribution in [0.1, 0.15) is 5.56 Å². The van der Waals surface area contributed by atoms with E-state index in [4.69, 9.17) is 0 Å². The summed E-state index contributed by atoms with van der Waals surface area (Å²) in [5, 5.41) is 4.58. The molecule has 0 aliphatic carbocycles. The van der Waals surface area contributed by atoms with E-state index in [-0.39, 0.29) is 5.56 Å². The Bertz CT molecular complexity index is 891. The van der Waals surface area contributed by atoms with Gasteiger partial charge in [0.25, 0.3) is 5.56 Å². The zero-order valence-corrected chi connectivity index (χ0v) is 13.4. The van der Waals surface area contributed by atoms with Crippen LogP contribution in [0.3, 0.4) is 0 Å². The summed E-state index contributed by atoms with van der Waals surface area (Å²) < 4.78 is 0. The molecule has 0 radical (unpaired) electrons. The molecule has 1 atom stereocenters. The van der Waals surface area contributed by atoms with Crippen LogP contribution in [-0.4, -0.2) is 35.6 Å². The van der Waals surface area contributed by atoms with Gasteiger partial charge in [-0.1, -0.05) is 30.3 Å². The summed E-state index contributed by atoms with van der Waals surface area (Å²) in [6, 6.07) is 16.5. The minimum Gasteiger partial charge on any atom is -0.368 e. The SMILES string of the molecule is O=c1cc(N2CCNC(Cc3ccccc3)C2)c2cccnc2[nH]1. The van der Waals surface area contributed by atoms with Crippen LogP contribution in [0.25, 0.3) is 11.0 Å². The van der Waals surface area contributed by atoms with Crippen molar-refractivity contribution in [1.29, 1.82) is 0 Å². The summed E-state index contributed by atoms with van der Waals surface area (Å²) in [4.78, 5) is 21.4. The van der Waals surface area contributed by atoms with E-state index >= 15 is 0 Å². The van der Waals surface area contributed by atoms with E-state index in [1.165, 1.54) is 5.56 Å². The normalized spacial score (nSPS) is 18.0. The highest BCUT2D eigenvalue weighted by atomic mass is 16.1. The first kappa shape index (κ1) is 14.9. The van der Waals surface area contributed by atoms with Crippen LogP contribution in [0.5, 0.6) is 0 Å². The van der Waals surface area contributed by atoms with Crippen LogP contribution in [0, 0.1) is 0 Å². The second-order valence-corrected chi connectivity index (χ2v) is 6.21. The van der Waals surface area contributed by atoms with Gasteiger partial charge in [0.15, 0.2) is 0 Å². The fourth-order valence-electron chi connectivity index (χ4n) is 3.41. The number of fused-ring (bicyclic) bond motifs is 1.